The van der Waals surface area contributed by atoms with Crippen LogP contribution < -0.4 is 0 Å². The first kappa shape index (κ1) is 11.8. The highest BCUT2D eigenvalue weighted by molar-refractivity contribution is 9.08. The summed E-state index contributed by atoms with van der Waals surface area (Å²) in [6, 6.07) is 3.10. The maximum absolute atomic E-state index is 12.3. The summed E-state index contributed by atoms with van der Waals surface area (Å²) in [7, 11) is 0. The van der Waals surface area contributed by atoms with Crippen LogP contribution in [0.5, 0.6) is 0 Å². The number of nitrogens with zero attached hydrogens (tertiary/aromatic N) is 1. The third-order valence-corrected chi connectivity index (χ3v) is 3.39. The van der Waals surface area contributed by atoms with E-state index in [0.29, 0.717) is 16.4 Å². The molecule has 2 aromatic rings. The van der Waals surface area contributed by atoms with Crippen molar-refractivity contribution in [2.75, 3.05) is 0 Å². The first-order valence-electron chi connectivity index (χ1n) is 4.28. The monoisotopic (exact) mass is 310 g/mol. The molecule has 1 heterocycles. The summed E-state index contributed by atoms with van der Waals surface area (Å²) in [6.45, 7) is 0. The number of aromatic nitrogens is 2. The SMILES string of the molecule is FC(F)(F)Sc1ccc(CBr)c2nc[nH]c12. The van der Waals surface area contributed by atoms with Crippen LogP contribution in [0.2, 0.25) is 0 Å². The Morgan fingerprint density at radius 3 is 2.75 bits per heavy atom. The molecule has 1 aromatic carbocycles. The van der Waals surface area contributed by atoms with Crippen LogP contribution in [0.3, 0.4) is 0 Å². The summed E-state index contributed by atoms with van der Waals surface area (Å²) in [5.41, 5.74) is -2.42. The first-order chi connectivity index (χ1) is 7.51. The van der Waals surface area contributed by atoms with Gasteiger partial charge in [-0.2, -0.15) is 13.2 Å². The van der Waals surface area contributed by atoms with Crippen molar-refractivity contribution in [3.05, 3.63) is 24.0 Å². The lowest BCUT2D eigenvalue weighted by atomic mass is 10.2. The summed E-state index contributed by atoms with van der Waals surface area (Å²) < 4.78 is 36.8. The lowest BCUT2D eigenvalue weighted by Gasteiger charge is -2.07. The molecule has 2 nitrogen and oxygen atoms in total. The van der Waals surface area contributed by atoms with E-state index in [1.54, 1.807) is 6.07 Å². The summed E-state index contributed by atoms with van der Waals surface area (Å²) >= 11 is 3.13. The zero-order valence-corrected chi connectivity index (χ0v) is 10.2. The van der Waals surface area contributed by atoms with E-state index < -0.39 is 5.51 Å². The van der Waals surface area contributed by atoms with Crippen molar-refractivity contribution in [2.24, 2.45) is 0 Å². The van der Waals surface area contributed by atoms with Crippen LogP contribution in [0.25, 0.3) is 11.0 Å². The van der Waals surface area contributed by atoms with Crippen molar-refractivity contribution < 1.29 is 13.2 Å². The molecule has 86 valence electrons. The average molecular weight is 311 g/mol. The number of imidazole rings is 1. The van der Waals surface area contributed by atoms with Crippen LogP contribution in [0.4, 0.5) is 13.2 Å². The minimum absolute atomic E-state index is 0.133. The molecule has 1 aromatic heterocycles. The van der Waals surface area contributed by atoms with Crippen LogP contribution in [0.15, 0.2) is 23.4 Å². The number of fused-ring (bicyclic) bond motifs is 1. The van der Waals surface area contributed by atoms with Crippen molar-refractivity contribution in [1.29, 1.82) is 0 Å². The number of hydrogen-bond donors (Lipinski definition) is 1. The number of aromatic amines is 1. The van der Waals surface area contributed by atoms with E-state index in [-0.39, 0.29) is 16.7 Å². The standard InChI is InChI=1S/C9H6BrF3N2S/c10-3-5-1-2-6(16-9(11,12)13)8-7(5)14-4-15-8/h1-2,4H,3H2,(H,14,15). The van der Waals surface area contributed by atoms with Gasteiger partial charge in [-0.25, -0.2) is 4.98 Å². The Bertz CT molecular complexity index is 509. The molecular formula is C9H6BrF3N2S. The van der Waals surface area contributed by atoms with Crippen molar-refractivity contribution in [3.63, 3.8) is 0 Å². The van der Waals surface area contributed by atoms with E-state index in [0.717, 1.165) is 5.56 Å². The van der Waals surface area contributed by atoms with Crippen LogP contribution in [0, 0.1) is 0 Å². The number of H-pyrrole nitrogens is 1. The van der Waals surface area contributed by atoms with Crippen molar-refractivity contribution in [2.45, 2.75) is 15.7 Å². The molecule has 0 aliphatic rings. The summed E-state index contributed by atoms with van der Waals surface area (Å²) in [6.07, 6.45) is 1.40. The van der Waals surface area contributed by atoms with E-state index >= 15 is 0 Å². The second-order valence-electron chi connectivity index (χ2n) is 3.03. The quantitative estimate of drug-likeness (QED) is 0.669. The summed E-state index contributed by atoms with van der Waals surface area (Å²) in [5.74, 6) is 0. The third kappa shape index (κ3) is 2.35. The summed E-state index contributed by atoms with van der Waals surface area (Å²) in [5, 5.41) is 0.561. The first-order valence-corrected chi connectivity index (χ1v) is 6.22. The van der Waals surface area contributed by atoms with Gasteiger partial charge in [-0.3, -0.25) is 0 Å². The number of hydrogen-bond acceptors (Lipinski definition) is 2. The van der Waals surface area contributed by atoms with Gasteiger partial charge in [0, 0.05) is 10.2 Å². The van der Waals surface area contributed by atoms with Crippen molar-refractivity contribution >= 4 is 38.7 Å². The van der Waals surface area contributed by atoms with E-state index in [9.17, 15) is 13.2 Å². The second-order valence-corrected chi connectivity index (χ2v) is 4.70. The smallest absolute Gasteiger partial charge is 0.344 e. The minimum Gasteiger partial charge on any atom is -0.344 e. The number of thioether (sulfide) groups is 1. The Balaban J connectivity index is 2.52. The van der Waals surface area contributed by atoms with Crippen molar-refractivity contribution in [1.82, 2.24) is 9.97 Å². The van der Waals surface area contributed by atoms with Crippen LogP contribution in [0.1, 0.15) is 5.56 Å². The number of halogens is 4. The topological polar surface area (TPSA) is 28.7 Å². The Labute approximate surface area is 102 Å². The predicted molar refractivity (Wildman–Crippen MR) is 60.6 cm³/mol. The highest BCUT2D eigenvalue weighted by Crippen LogP contribution is 2.40. The molecule has 0 atom stereocenters. The molecule has 0 saturated carbocycles. The highest BCUT2D eigenvalue weighted by Gasteiger charge is 2.30. The maximum atomic E-state index is 12.3. The fourth-order valence-corrected chi connectivity index (χ4v) is 2.48. The number of benzene rings is 1. The van der Waals surface area contributed by atoms with E-state index in [1.807, 2.05) is 0 Å². The van der Waals surface area contributed by atoms with Crippen molar-refractivity contribution in [3.8, 4) is 0 Å². The maximum Gasteiger partial charge on any atom is 0.446 e. The Morgan fingerprint density at radius 1 is 1.38 bits per heavy atom. The molecule has 0 amide bonds. The number of rotatable bonds is 2. The predicted octanol–water partition coefficient (Wildman–Crippen LogP) is 4.07. The van der Waals surface area contributed by atoms with E-state index in [2.05, 4.69) is 25.9 Å². The molecule has 0 saturated heterocycles. The molecule has 0 unspecified atom stereocenters. The lowest BCUT2D eigenvalue weighted by Crippen LogP contribution is -1.99. The van der Waals surface area contributed by atoms with Gasteiger partial charge in [-0.15, -0.1) is 0 Å². The normalized spacial score (nSPS) is 12.2. The molecular weight excluding hydrogens is 305 g/mol. The van der Waals surface area contributed by atoms with E-state index in [4.69, 9.17) is 0 Å². The summed E-state index contributed by atoms with van der Waals surface area (Å²) in [4.78, 5) is 6.89. The van der Waals surface area contributed by atoms with Crippen LogP contribution in [-0.2, 0) is 5.33 Å². The zero-order chi connectivity index (χ0) is 11.8. The van der Waals surface area contributed by atoms with Crippen LogP contribution >= 0.6 is 27.7 Å². The van der Waals surface area contributed by atoms with Gasteiger partial charge in [0.2, 0.25) is 0 Å². The molecule has 0 spiro atoms. The van der Waals surface area contributed by atoms with Gasteiger partial charge in [0.25, 0.3) is 0 Å². The van der Waals surface area contributed by atoms with Gasteiger partial charge in [0.1, 0.15) is 0 Å². The average Bonchev–Trinajstić information content (AvgIpc) is 2.65. The zero-order valence-electron chi connectivity index (χ0n) is 7.81. The van der Waals surface area contributed by atoms with Gasteiger partial charge >= 0.3 is 5.51 Å². The number of nitrogens with one attached hydrogen (secondary N) is 1. The molecule has 0 aliphatic carbocycles. The van der Waals surface area contributed by atoms with E-state index in [1.165, 1.54) is 12.4 Å². The second kappa shape index (κ2) is 4.29. The van der Waals surface area contributed by atoms with Gasteiger partial charge in [0.15, 0.2) is 0 Å². The number of alkyl halides is 4. The fraction of sp³-hybridized carbons (Fsp3) is 0.222. The van der Waals surface area contributed by atoms with Gasteiger partial charge < -0.3 is 4.98 Å². The molecule has 0 radical (unpaired) electrons. The molecule has 7 heteroatoms. The van der Waals surface area contributed by atoms with Gasteiger partial charge in [-0.1, -0.05) is 22.0 Å². The minimum atomic E-state index is -4.28. The van der Waals surface area contributed by atoms with Gasteiger partial charge in [0.05, 0.1) is 17.4 Å². The van der Waals surface area contributed by atoms with Crippen LogP contribution in [-0.4, -0.2) is 15.5 Å². The molecule has 0 aliphatic heterocycles. The molecule has 2 rings (SSSR count). The molecule has 0 fully saturated rings. The lowest BCUT2D eigenvalue weighted by molar-refractivity contribution is -0.0327. The van der Waals surface area contributed by atoms with Gasteiger partial charge in [-0.05, 0) is 23.4 Å². The fourth-order valence-electron chi connectivity index (χ4n) is 1.38. The third-order valence-electron chi connectivity index (χ3n) is 2.00. The molecule has 1 N–H and O–H groups in total. The Morgan fingerprint density at radius 2 is 2.12 bits per heavy atom. The molecule has 0 bridgehead atoms. The Kier molecular flexibility index (Phi) is 3.16. The largest absolute Gasteiger partial charge is 0.446 e. The molecule has 16 heavy (non-hydrogen) atoms. The Hall–Kier alpha value is -0.690. The highest BCUT2D eigenvalue weighted by atomic mass is 79.9.